The van der Waals surface area contributed by atoms with E-state index in [1.165, 1.54) is 19.2 Å². The molecule has 8 heteroatoms. The van der Waals surface area contributed by atoms with Crippen molar-refractivity contribution in [2.45, 2.75) is 12.3 Å². The summed E-state index contributed by atoms with van der Waals surface area (Å²) in [6.07, 6.45) is -5.57. The van der Waals surface area contributed by atoms with Gasteiger partial charge in [0.2, 0.25) is 0 Å². The van der Waals surface area contributed by atoms with Gasteiger partial charge in [0.05, 0.1) is 12.7 Å². The van der Waals surface area contributed by atoms with Crippen molar-refractivity contribution < 1.29 is 27.8 Å². The zero-order valence-electron chi connectivity index (χ0n) is 11.3. The molecule has 0 amide bonds. The van der Waals surface area contributed by atoms with Crippen LogP contribution in [0, 0.1) is 0 Å². The van der Waals surface area contributed by atoms with Crippen molar-refractivity contribution in [3.8, 4) is 11.4 Å². The third kappa shape index (κ3) is 3.40. The van der Waals surface area contributed by atoms with Crippen molar-refractivity contribution in [2.75, 3.05) is 7.11 Å². The standard InChI is InChI=1S/C14H11F3N2O3/c1-22-13(21)9-4-2-8(3-5-9)12-18-6-10(7-19-12)11(20)14(15,16)17/h2-7,11,20H,1H3. The maximum absolute atomic E-state index is 12.4. The number of carbonyl (C=O) groups excluding carboxylic acids is 1. The maximum Gasteiger partial charge on any atom is 0.418 e. The van der Waals surface area contributed by atoms with Crippen LogP contribution < -0.4 is 0 Å². The molecule has 1 aromatic carbocycles. The lowest BCUT2D eigenvalue weighted by molar-refractivity contribution is -0.206. The van der Waals surface area contributed by atoms with Crippen LogP contribution in [-0.2, 0) is 4.74 Å². The summed E-state index contributed by atoms with van der Waals surface area (Å²) in [5.41, 5.74) is 0.401. The summed E-state index contributed by atoms with van der Waals surface area (Å²) in [6, 6.07) is 6.06. The van der Waals surface area contributed by atoms with E-state index in [-0.39, 0.29) is 5.82 Å². The Hall–Kier alpha value is -2.48. The molecule has 0 aliphatic heterocycles. The van der Waals surface area contributed by atoms with Gasteiger partial charge in [-0.25, -0.2) is 14.8 Å². The molecule has 1 heterocycles. The van der Waals surface area contributed by atoms with Crippen LogP contribution in [0.1, 0.15) is 22.0 Å². The lowest BCUT2D eigenvalue weighted by atomic mass is 10.1. The molecule has 1 atom stereocenters. The van der Waals surface area contributed by atoms with Gasteiger partial charge >= 0.3 is 12.1 Å². The summed E-state index contributed by atoms with van der Waals surface area (Å²) in [6.45, 7) is 0. The minimum Gasteiger partial charge on any atom is -0.465 e. The van der Waals surface area contributed by atoms with E-state index in [1.54, 1.807) is 12.1 Å². The van der Waals surface area contributed by atoms with Gasteiger partial charge in [0, 0.05) is 23.5 Å². The number of carbonyl (C=O) groups is 1. The highest BCUT2D eigenvalue weighted by Crippen LogP contribution is 2.32. The summed E-state index contributed by atoms with van der Waals surface area (Å²) < 4.78 is 41.6. The number of aromatic nitrogens is 2. The fourth-order valence-corrected chi connectivity index (χ4v) is 1.69. The molecule has 5 nitrogen and oxygen atoms in total. The SMILES string of the molecule is COC(=O)c1ccc(-c2ncc(C(O)C(F)(F)F)cn2)cc1. The maximum atomic E-state index is 12.4. The third-order valence-corrected chi connectivity index (χ3v) is 2.86. The number of hydrogen-bond donors (Lipinski definition) is 1. The van der Waals surface area contributed by atoms with Crippen molar-refractivity contribution in [3.63, 3.8) is 0 Å². The predicted octanol–water partition coefficient (Wildman–Crippen LogP) is 2.53. The molecule has 2 rings (SSSR count). The number of halogens is 3. The minimum atomic E-state index is -4.77. The van der Waals surface area contributed by atoms with Crippen LogP contribution in [0.15, 0.2) is 36.7 Å². The molecule has 0 radical (unpaired) electrons. The molecule has 116 valence electrons. The van der Waals surface area contributed by atoms with Crippen LogP contribution >= 0.6 is 0 Å². The first-order chi connectivity index (χ1) is 10.3. The first kappa shape index (κ1) is 15.9. The number of benzene rings is 1. The Morgan fingerprint density at radius 2 is 1.73 bits per heavy atom. The molecule has 0 fully saturated rings. The molecule has 22 heavy (non-hydrogen) atoms. The summed E-state index contributed by atoms with van der Waals surface area (Å²) >= 11 is 0. The van der Waals surface area contributed by atoms with Gasteiger partial charge in [0.25, 0.3) is 0 Å². The summed E-state index contributed by atoms with van der Waals surface area (Å²) in [5, 5.41) is 9.09. The van der Waals surface area contributed by atoms with Crippen molar-refractivity contribution >= 4 is 5.97 Å². The van der Waals surface area contributed by atoms with Crippen LogP contribution in [0.25, 0.3) is 11.4 Å². The predicted molar refractivity (Wildman–Crippen MR) is 69.8 cm³/mol. The quantitative estimate of drug-likeness (QED) is 0.882. The summed E-state index contributed by atoms with van der Waals surface area (Å²) in [4.78, 5) is 18.9. The van der Waals surface area contributed by atoms with Gasteiger partial charge in [0.15, 0.2) is 11.9 Å². The number of hydrogen-bond acceptors (Lipinski definition) is 5. The highest BCUT2D eigenvalue weighted by molar-refractivity contribution is 5.89. The molecular weight excluding hydrogens is 301 g/mol. The number of rotatable bonds is 3. The number of ether oxygens (including phenoxy) is 1. The first-order valence-electron chi connectivity index (χ1n) is 6.08. The van der Waals surface area contributed by atoms with E-state index in [9.17, 15) is 18.0 Å². The Kier molecular flexibility index (Phi) is 4.41. The van der Waals surface area contributed by atoms with E-state index in [1.807, 2.05) is 0 Å². The van der Waals surface area contributed by atoms with Crippen molar-refractivity contribution in [2.24, 2.45) is 0 Å². The second-order valence-corrected chi connectivity index (χ2v) is 4.35. The second kappa shape index (κ2) is 6.10. The molecule has 1 aromatic heterocycles. The lowest BCUT2D eigenvalue weighted by Gasteiger charge is -2.14. The molecule has 1 unspecified atom stereocenters. The highest BCUT2D eigenvalue weighted by atomic mass is 19.4. The van der Waals surface area contributed by atoms with Gasteiger partial charge in [-0.15, -0.1) is 0 Å². The van der Waals surface area contributed by atoms with E-state index in [0.717, 1.165) is 12.4 Å². The number of nitrogens with zero attached hydrogens (tertiary/aromatic N) is 2. The van der Waals surface area contributed by atoms with Crippen LogP contribution in [0.2, 0.25) is 0 Å². The summed E-state index contributed by atoms with van der Waals surface area (Å²) in [7, 11) is 1.25. The lowest BCUT2D eigenvalue weighted by Crippen LogP contribution is -2.20. The number of esters is 1. The molecule has 2 aromatic rings. The number of aliphatic hydroxyl groups excluding tert-OH is 1. The third-order valence-electron chi connectivity index (χ3n) is 2.86. The molecule has 0 aliphatic carbocycles. The highest BCUT2D eigenvalue weighted by Gasteiger charge is 2.39. The van der Waals surface area contributed by atoms with E-state index >= 15 is 0 Å². The Morgan fingerprint density at radius 1 is 1.18 bits per heavy atom. The Labute approximate surface area is 123 Å². The molecule has 0 aliphatic rings. The van der Waals surface area contributed by atoms with Gasteiger partial charge in [-0.1, -0.05) is 12.1 Å². The Morgan fingerprint density at radius 3 is 2.18 bits per heavy atom. The monoisotopic (exact) mass is 312 g/mol. The van der Waals surface area contributed by atoms with E-state index < -0.39 is 23.8 Å². The van der Waals surface area contributed by atoms with Gasteiger partial charge in [0.1, 0.15) is 0 Å². The molecular formula is C14H11F3N2O3. The smallest absolute Gasteiger partial charge is 0.418 e. The number of methoxy groups -OCH3 is 1. The first-order valence-corrected chi connectivity index (χ1v) is 6.08. The fraction of sp³-hybridized carbons (Fsp3) is 0.214. The number of alkyl halides is 3. The zero-order valence-corrected chi connectivity index (χ0v) is 11.3. The Bertz CT molecular complexity index is 655. The zero-order chi connectivity index (χ0) is 16.3. The fourth-order valence-electron chi connectivity index (χ4n) is 1.69. The van der Waals surface area contributed by atoms with Crippen LogP contribution in [0.5, 0.6) is 0 Å². The number of aliphatic hydroxyl groups is 1. The minimum absolute atomic E-state index is 0.176. The van der Waals surface area contributed by atoms with Crippen molar-refractivity contribution in [1.29, 1.82) is 0 Å². The topological polar surface area (TPSA) is 72.3 Å². The van der Waals surface area contributed by atoms with Crippen LogP contribution in [0.4, 0.5) is 13.2 Å². The largest absolute Gasteiger partial charge is 0.465 e. The van der Waals surface area contributed by atoms with E-state index in [2.05, 4.69) is 14.7 Å². The summed E-state index contributed by atoms with van der Waals surface area (Å²) in [5.74, 6) is -0.328. The molecule has 0 saturated heterocycles. The normalized spacial score (nSPS) is 12.8. The van der Waals surface area contributed by atoms with Crippen molar-refractivity contribution in [3.05, 3.63) is 47.8 Å². The molecule has 0 saturated carbocycles. The Balaban J connectivity index is 2.22. The van der Waals surface area contributed by atoms with E-state index in [4.69, 9.17) is 5.11 Å². The van der Waals surface area contributed by atoms with Crippen LogP contribution in [-0.4, -0.2) is 34.3 Å². The van der Waals surface area contributed by atoms with Gasteiger partial charge < -0.3 is 9.84 Å². The average molecular weight is 312 g/mol. The molecule has 0 bridgehead atoms. The van der Waals surface area contributed by atoms with Gasteiger partial charge in [-0.3, -0.25) is 0 Å². The van der Waals surface area contributed by atoms with Gasteiger partial charge in [-0.05, 0) is 12.1 Å². The second-order valence-electron chi connectivity index (χ2n) is 4.35. The molecule has 0 spiro atoms. The van der Waals surface area contributed by atoms with Crippen LogP contribution in [0.3, 0.4) is 0 Å². The average Bonchev–Trinajstić information content (AvgIpc) is 2.53. The van der Waals surface area contributed by atoms with E-state index in [0.29, 0.717) is 11.1 Å². The van der Waals surface area contributed by atoms with Gasteiger partial charge in [-0.2, -0.15) is 13.2 Å². The molecule has 1 N–H and O–H groups in total. The van der Waals surface area contributed by atoms with Crippen molar-refractivity contribution in [1.82, 2.24) is 9.97 Å².